The molecule has 2 atom stereocenters. The van der Waals surface area contributed by atoms with Gasteiger partial charge >= 0.3 is 12.3 Å². The Morgan fingerprint density at radius 2 is 1.88 bits per heavy atom. The molecule has 0 saturated heterocycles. The molecule has 1 heterocycles. The van der Waals surface area contributed by atoms with E-state index in [9.17, 15) is 28.2 Å². The summed E-state index contributed by atoms with van der Waals surface area (Å²) < 4.78 is 42.9. The van der Waals surface area contributed by atoms with E-state index in [0.717, 1.165) is 11.8 Å². The molecule has 2 rings (SSSR count). The van der Waals surface area contributed by atoms with E-state index in [0.29, 0.717) is 12.3 Å². The van der Waals surface area contributed by atoms with Gasteiger partial charge in [0, 0.05) is 24.5 Å². The molecule has 1 aromatic carbocycles. The molecule has 0 bridgehead atoms. The Labute approximate surface area is 147 Å². The smallest absolute Gasteiger partial charge is 0.417 e. The number of pyridine rings is 1. The number of ether oxygens (including phenoxy) is 1. The minimum Gasteiger partial charge on any atom is -0.445 e. The maximum absolute atomic E-state index is 12.7. The Morgan fingerprint density at radius 1 is 1.19 bits per heavy atom. The second-order valence-corrected chi connectivity index (χ2v) is 5.46. The van der Waals surface area contributed by atoms with E-state index in [-0.39, 0.29) is 12.2 Å². The van der Waals surface area contributed by atoms with Gasteiger partial charge in [-0.3, -0.25) is 4.98 Å². The van der Waals surface area contributed by atoms with Crippen molar-refractivity contribution in [3.63, 3.8) is 0 Å². The van der Waals surface area contributed by atoms with Crippen LogP contribution in [0.4, 0.5) is 18.0 Å². The average molecular weight is 370 g/mol. The molecule has 2 aromatic rings. The molecule has 0 aliphatic carbocycles. The molecule has 3 N–H and O–H groups in total. The highest BCUT2D eigenvalue weighted by molar-refractivity contribution is 5.67. The van der Waals surface area contributed by atoms with Gasteiger partial charge in [-0.1, -0.05) is 30.3 Å². The summed E-state index contributed by atoms with van der Waals surface area (Å²) in [7, 11) is 0. The van der Waals surface area contributed by atoms with Crippen LogP contribution in [0.1, 0.15) is 22.8 Å². The van der Waals surface area contributed by atoms with Crippen molar-refractivity contribution < 1.29 is 32.9 Å². The zero-order valence-corrected chi connectivity index (χ0v) is 13.5. The number of alkyl halides is 3. The number of amides is 1. The van der Waals surface area contributed by atoms with E-state index >= 15 is 0 Å². The van der Waals surface area contributed by atoms with Crippen LogP contribution in [0.5, 0.6) is 0 Å². The third-order valence-corrected chi connectivity index (χ3v) is 3.46. The third-order valence-electron chi connectivity index (χ3n) is 3.46. The molecule has 6 nitrogen and oxygen atoms in total. The molecule has 0 fully saturated rings. The quantitative estimate of drug-likeness (QED) is 0.726. The summed E-state index contributed by atoms with van der Waals surface area (Å²) in [5, 5.41) is 22.1. The molecule has 26 heavy (non-hydrogen) atoms. The SMILES string of the molecule is O=C(NCC(O)C(O)c1cncc(C(F)(F)F)c1)OCc1ccccc1. The van der Waals surface area contributed by atoms with Gasteiger partial charge in [0.1, 0.15) is 18.8 Å². The molecule has 140 valence electrons. The van der Waals surface area contributed by atoms with Crippen LogP contribution in [-0.4, -0.2) is 33.9 Å². The molecule has 0 aliphatic rings. The van der Waals surface area contributed by atoms with Crippen LogP contribution in [0, 0.1) is 0 Å². The van der Waals surface area contributed by atoms with Crippen LogP contribution >= 0.6 is 0 Å². The topological polar surface area (TPSA) is 91.7 Å². The number of hydrogen-bond acceptors (Lipinski definition) is 5. The summed E-state index contributed by atoms with van der Waals surface area (Å²) in [4.78, 5) is 15.0. The Kier molecular flexibility index (Phi) is 6.53. The van der Waals surface area contributed by atoms with Crippen molar-refractivity contribution in [3.05, 3.63) is 65.5 Å². The monoisotopic (exact) mass is 370 g/mol. The lowest BCUT2D eigenvalue weighted by Gasteiger charge is -2.19. The predicted octanol–water partition coefficient (Wildman–Crippen LogP) is 2.42. The number of nitrogens with zero attached hydrogens (tertiary/aromatic N) is 1. The highest BCUT2D eigenvalue weighted by Crippen LogP contribution is 2.30. The fourth-order valence-electron chi connectivity index (χ4n) is 2.07. The first-order valence-corrected chi connectivity index (χ1v) is 7.60. The van der Waals surface area contributed by atoms with Crippen molar-refractivity contribution in [2.24, 2.45) is 0 Å². The lowest BCUT2D eigenvalue weighted by atomic mass is 10.0. The number of halogens is 3. The predicted molar refractivity (Wildman–Crippen MR) is 84.8 cm³/mol. The van der Waals surface area contributed by atoms with E-state index in [2.05, 4.69) is 10.3 Å². The van der Waals surface area contributed by atoms with Crippen molar-refractivity contribution in [1.82, 2.24) is 10.3 Å². The first kappa shape index (κ1) is 19.7. The molecule has 9 heteroatoms. The summed E-state index contributed by atoms with van der Waals surface area (Å²) in [5.41, 5.74) is -0.499. The zero-order valence-electron chi connectivity index (χ0n) is 13.5. The lowest BCUT2D eigenvalue weighted by Crippen LogP contribution is -2.35. The Hall–Kier alpha value is -2.65. The van der Waals surface area contributed by atoms with Crippen molar-refractivity contribution in [2.75, 3.05) is 6.54 Å². The molecular weight excluding hydrogens is 353 g/mol. The van der Waals surface area contributed by atoms with Crippen LogP contribution in [-0.2, 0) is 17.5 Å². The van der Waals surface area contributed by atoms with Crippen molar-refractivity contribution in [2.45, 2.75) is 25.0 Å². The summed E-state index contributed by atoms with van der Waals surface area (Å²) >= 11 is 0. The molecule has 1 aromatic heterocycles. The molecule has 1 amide bonds. The molecular formula is C17H17F3N2O4. The molecule has 0 aliphatic heterocycles. The highest BCUT2D eigenvalue weighted by Gasteiger charge is 2.32. The summed E-state index contributed by atoms with van der Waals surface area (Å²) in [6.45, 7) is -0.395. The lowest BCUT2D eigenvalue weighted by molar-refractivity contribution is -0.138. The number of carbonyl (C=O) groups is 1. The Bertz CT molecular complexity index is 725. The normalized spacial score (nSPS) is 13.7. The van der Waals surface area contributed by atoms with E-state index < -0.39 is 36.6 Å². The van der Waals surface area contributed by atoms with E-state index in [4.69, 9.17) is 4.74 Å². The Balaban J connectivity index is 1.85. The number of aromatic nitrogens is 1. The van der Waals surface area contributed by atoms with Crippen LogP contribution < -0.4 is 5.32 Å². The summed E-state index contributed by atoms with van der Waals surface area (Å²) in [6.07, 6.45) is -7.02. The number of rotatable bonds is 6. The first-order chi connectivity index (χ1) is 12.3. The number of hydrogen-bond donors (Lipinski definition) is 3. The van der Waals surface area contributed by atoms with E-state index in [1.165, 1.54) is 0 Å². The number of nitrogens with one attached hydrogen (secondary N) is 1. The van der Waals surface area contributed by atoms with E-state index in [1.807, 2.05) is 6.07 Å². The largest absolute Gasteiger partial charge is 0.445 e. The van der Waals surface area contributed by atoms with Gasteiger partial charge in [-0.25, -0.2) is 4.79 Å². The van der Waals surface area contributed by atoms with Gasteiger partial charge in [0.15, 0.2) is 0 Å². The number of carbonyl (C=O) groups excluding carboxylic acids is 1. The van der Waals surface area contributed by atoms with Gasteiger partial charge in [0.25, 0.3) is 0 Å². The van der Waals surface area contributed by atoms with Crippen molar-refractivity contribution in [1.29, 1.82) is 0 Å². The van der Waals surface area contributed by atoms with Gasteiger partial charge in [-0.05, 0) is 11.6 Å². The second-order valence-electron chi connectivity index (χ2n) is 5.46. The summed E-state index contributed by atoms with van der Waals surface area (Å²) in [6, 6.07) is 9.57. The average Bonchev–Trinajstić information content (AvgIpc) is 2.64. The van der Waals surface area contributed by atoms with Gasteiger partial charge in [0.2, 0.25) is 0 Å². The van der Waals surface area contributed by atoms with Gasteiger partial charge in [0.05, 0.1) is 5.56 Å². The number of aliphatic hydroxyl groups excluding tert-OH is 2. The van der Waals surface area contributed by atoms with Crippen molar-refractivity contribution >= 4 is 6.09 Å². The molecule has 0 spiro atoms. The molecule has 0 saturated carbocycles. The van der Waals surface area contributed by atoms with Crippen LogP contribution in [0.3, 0.4) is 0 Å². The standard InChI is InChI=1S/C17H17F3N2O4/c18-17(19,20)13-6-12(7-21-8-13)15(24)14(23)9-22-16(25)26-10-11-4-2-1-3-5-11/h1-8,14-15,23-24H,9-10H2,(H,22,25). The molecule has 2 unspecified atom stereocenters. The van der Waals surface area contributed by atoms with E-state index in [1.54, 1.807) is 24.3 Å². The fourth-order valence-corrected chi connectivity index (χ4v) is 2.07. The highest BCUT2D eigenvalue weighted by atomic mass is 19.4. The first-order valence-electron chi connectivity index (χ1n) is 7.60. The van der Waals surface area contributed by atoms with Crippen molar-refractivity contribution in [3.8, 4) is 0 Å². The van der Waals surface area contributed by atoms with Gasteiger partial charge < -0.3 is 20.3 Å². The minimum absolute atomic E-state index is 0.0167. The van der Waals surface area contributed by atoms with Crippen LogP contribution in [0.15, 0.2) is 48.8 Å². The third kappa shape index (κ3) is 5.71. The minimum atomic E-state index is -4.62. The summed E-state index contributed by atoms with van der Waals surface area (Å²) in [5.74, 6) is 0. The van der Waals surface area contributed by atoms with Gasteiger partial charge in [-0.2, -0.15) is 13.2 Å². The zero-order chi connectivity index (χ0) is 19.2. The number of alkyl carbamates (subject to hydrolysis) is 1. The number of benzene rings is 1. The maximum atomic E-state index is 12.7. The number of aliphatic hydroxyl groups is 2. The maximum Gasteiger partial charge on any atom is 0.417 e. The van der Waals surface area contributed by atoms with Gasteiger partial charge in [-0.15, -0.1) is 0 Å². The second kappa shape index (κ2) is 8.63. The fraction of sp³-hybridized carbons (Fsp3) is 0.294. The molecule has 0 radical (unpaired) electrons. The van der Waals surface area contributed by atoms with Crippen LogP contribution in [0.2, 0.25) is 0 Å². The Morgan fingerprint density at radius 3 is 2.54 bits per heavy atom. The van der Waals surface area contributed by atoms with Crippen LogP contribution in [0.25, 0.3) is 0 Å².